The highest BCUT2D eigenvalue weighted by atomic mass is 32.2. The fourth-order valence-corrected chi connectivity index (χ4v) is 5.42. The van der Waals surface area contributed by atoms with Crippen molar-refractivity contribution in [1.29, 1.82) is 0 Å². The summed E-state index contributed by atoms with van der Waals surface area (Å²) in [5.74, 6) is -0.511. The molecule has 0 aliphatic rings. The molecule has 0 heterocycles. The summed E-state index contributed by atoms with van der Waals surface area (Å²) in [6.07, 6.45) is -9.54. The standard InChI is InChI=1S/C28H20F6OS/c29-26(30,31)19-35-22-16-17-24(25(18-22)28(32,33)34)27(20-10-4-1-5-11-20,21-12-6-2-7-13-21)36-23-14-8-3-9-15-23/h1-18H,19H2. The third-order valence-electron chi connectivity index (χ3n) is 5.45. The van der Waals surface area contributed by atoms with Gasteiger partial charge in [-0.1, -0.05) is 84.9 Å². The summed E-state index contributed by atoms with van der Waals surface area (Å²) in [6, 6.07) is 29.5. The van der Waals surface area contributed by atoms with E-state index < -0.39 is 35.0 Å². The van der Waals surface area contributed by atoms with Crippen LogP contribution >= 0.6 is 11.8 Å². The van der Waals surface area contributed by atoms with Crippen molar-refractivity contribution in [1.82, 2.24) is 0 Å². The zero-order valence-corrected chi connectivity index (χ0v) is 19.5. The molecular formula is C28H20F6OS. The van der Waals surface area contributed by atoms with Crippen LogP contribution in [-0.2, 0) is 10.9 Å². The number of hydrogen-bond donors (Lipinski definition) is 0. The van der Waals surface area contributed by atoms with Crippen molar-refractivity contribution >= 4 is 11.8 Å². The maximum absolute atomic E-state index is 14.5. The SMILES string of the molecule is FC(F)(F)COc1ccc(C(Sc2ccccc2)(c2ccccc2)c2ccccc2)c(C(F)(F)F)c1. The minimum atomic E-state index is -4.86. The molecule has 0 bridgehead atoms. The summed E-state index contributed by atoms with van der Waals surface area (Å²) in [5, 5.41) is 0. The fourth-order valence-electron chi connectivity index (χ4n) is 3.98. The molecule has 0 spiro atoms. The van der Waals surface area contributed by atoms with Crippen molar-refractivity contribution in [2.45, 2.75) is 22.0 Å². The molecule has 186 valence electrons. The lowest BCUT2D eigenvalue weighted by Gasteiger charge is -2.37. The van der Waals surface area contributed by atoms with Crippen LogP contribution in [0.2, 0.25) is 0 Å². The number of thioether (sulfide) groups is 1. The van der Waals surface area contributed by atoms with Gasteiger partial charge in [-0.05, 0) is 41.0 Å². The second kappa shape index (κ2) is 10.3. The van der Waals surface area contributed by atoms with Gasteiger partial charge in [0, 0.05) is 4.90 Å². The molecule has 0 unspecified atom stereocenters. The van der Waals surface area contributed by atoms with E-state index in [1.807, 2.05) is 6.07 Å². The Morgan fingerprint density at radius 2 is 1.08 bits per heavy atom. The van der Waals surface area contributed by atoms with E-state index >= 15 is 0 Å². The number of benzene rings is 4. The van der Waals surface area contributed by atoms with E-state index in [1.165, 1.54) is 17.8 Å². The van der Waals surface area contributed by atoms with Crippen LogP contribution in [0.3, 0.4) is 0 Å². The van der Waals surface area contributed by atoms with Gasteiger partial charge in [-0.15, -0.1) is 11.8 Å². The highest BCUT2D eigenvalue weighted by Crippen LogP contribution is 2.54. The Balaban J connectivity index is 2.01. The lowest BCUT2D eigenvalue weighted by molar-refractivity contribution is -0.153. The van der Waals surface area contributed by atoms with Crippen LogP contribution in [0.1, 0.15) is 22.3 Å². The van der Waals surface area contributed by atoms with Gasteiger partial charge in [0.15, 0.2) is 6.61 Å². The molecule has 0 aliphatic carbocycles. The lowest BCUT2D eigenvalue weighted by atomic mass is 9.81. The fraction of sp³-hybridized carbons (Fsp3) is 0.143. The van der Waals surface area contributed by atoms with Crippen molar-refractivity contribution in [3.05, 3.63) is 131 Å². The highest BCUT2D eigenvalue weighted by molar-refractivity contribution is 8.00. The molecule has 0 fully saturated rings. The number of halogens is 6. The molecule has 0 aromatic heterocycles. The van der Waals surface area contributed by atoms with Crippen molar-refractivity contribution in [2.75, 3.05) is 6.61 Å². The van der Waals surface area contributed by atoms with Crippen LogP contribution < -0.4 is 4.74 Å². The molecule has 36 heavy (non-hydrogen) atoms. The first-order valence-electron chi connectivity index (χ1n) is 10.9. The van der Waals surface area contributed by atoms with Gasteiger partial charge in [0.25, 0.3) is 0 Å². The van der Waals surface area contributed by atoms with Gasteiger partial charge in [-0.25, -0.2) is 0 Å². The maximum Gasteiger partial charge on any atom is 0.422 e. The largest absolute Gasteiger partial charge is 0.484 e. The molecule has 0 saturated carbocycles. The molecule has 0 aliphatic heterocycles. The lowest BCUT2D eigenvalue weighted by Crippen LogP contribution is -2.29. The minimum absolute atomic E-state index is 0.111. The Labute approximate surface area is 208 Å². The minimum Gasteiger partial charge on any atom is -0.484 e. The summed E-state index contributed by atoms with van der Waals surface area (Å²) in [7, 11) is 0. The van der Waals surface area contributed by atoms with Gasteiger partial charge in [0.05, 0.1) is 10.3 Å². The average Bonchev–Trinajstić information content (AvgIpc) is 2.87. The Bertz CT molecular complexity index is 1230. The number of alkyl halides is 6. The summed E-state index contributed by atoms with van der Waals surface area (Å²) in [5.41, 5.74) is -0.0158. The van der Waals surface area contributed by atoms with Gasteiger partial charge in [-0.2, -0.15) is 26.3 Å². The van der Waals surface area contributed by atoms with Gasteiger partial charge in [-0.3, -0.25) is 0 Å². The zero-order chi connectivity index (χ0) is 25.8. The van der Waals surface area contributed by atoms with Crippen LogP contribution in [0.5, 0.6) is 5.75 Å². The van der Waals surface area contributed by atoms with E-state index in [4.69, 9.17) is 0 Å². The van der Waals surface area contributed by atoms with Crippen molar-refractivity contribution < 1.29 is 31.1 Å². The van der Waals surface area contributed by atoms with E-state index in [0.717, 1.165) is 11.0 Å². The summed E-state index contributed by atoms with van der Waals surface area (Å²) in [4.78, 5) is 0.718. The maximum atomic E-state index is 14.5. The smallest absolute Gasteiger partial charge is 0.422 e. The van der Waals surface area contributed by atoms with Crippen LogP contribution in [0.25, 0.3) is 0 Å². The topological polar surface area (TPSA) is 9.23 Å². The Morgan fingerprint density at radius 1 is 0.583 bits per heavy atom. The summed E-state index contributed by atoms with van der Waals surface area (Å²) < 4.78 is 84.9. The van der Waals surface area contributed by atoms with E-state index in [0.29, 0.717) is 17.2 Å². The number of hydrogen-bond acceptors (Lipinski definition) is 2. The van der Waals surface area contributed by atoms with Gasteiger partial charge in [0.2, 0.25) is 0 Å². The first-order chi connectivity index (χ1) is 17.1. The molecular weight excluding hydrogens is 498 g/mol. The third kappa shape index (κ3) is 5.70. The molecule has 4 aromatic rings. The molecule has 0 saturated heterocycles. The summed E-state index contributed by atoms with van der Waals surface area (Å²) in [6.45, 7) is -1.69. The molecule has 1 nitrogen and oxygen atoms in total. The first kappa shape index (κ1) is 25.7. The molecule has 4 aromatic carbocycles. The highest BCUT2D eigenvalue weighted by Gasteiger charge is 2.45. The Hall–Kier alpha value is -3.39. The van der Waals surface area contributed by atoms with E-state index in [9.17, 15) is 26.3 Å². The van der Waals surface area contributed by atoms with E-state index in [2.05, 4.69) is 4.74 Å². The second-order valence-corrected chi connectivity index (χ2v) is 9.23. The van der Waals surface area contributed by atoms with Crippen molar-refractivity contribution in [2.24, 2.45) is 0 Å². The van der Waals surface area contributed by atoms with Gasteiger partial charge < -0.3 is 4.74 Å². The van der Waals surface area contributed by atoms with Crippen LogP contribution in [0.15, 0.2) is 114 Å². The molecule has 0 atom stereocenters. The second-order valence-electron chi connectivity index (χ2n) is 7.94. The normalized spacial score (nSPS) is 12.4. The zero-order valence-electron chi connectivity index (χ0n) is 18.7. The number of rotatable bonds is 7. The van der Waals surface area contributed by atoms with E-state index in [-0.39, 0.29) is 5.56 Å². The van der Waals surface area contributed by atoms with Crippen molar-refractivity contribution in [3.63, 3.8) is 0 Å². The van der Waals surface area contributed by atoms with Crippen LogP contribution in [0.4, 0.5) is 26.3 Å². The molecule has 4 rings (SSSR count). The predicted molar refractivity (Wildman–Crippen MR) is 128 cm³/mol. The van der Waals surface area contributed by atoms with Crippen LogP contribution in [-0.4, -0.2) is 12.8 Å². The van der Waals surface area contributed by atoms with Gasteiger partial charge in [0.1, 0.15) is 5.75 Å². The molecule has 0 N–H and O–H groups in total. The first-order valence-corrected chi connectivity index (χ1v) is 11.7. The van der Waals surface area contributed by atoms with Crippen molar-refractivity contribution in [3.8, 4) is 5.75 Å². The van der Waals surface area contributed by atoms with E-state index in [1.54, 1.807) is 84.9 Å². The monoisotopic (exact) mass is 518 g/mol. The van der Waals surface area contributed by atoms with Gasteiger partial charge >= 0.3 is 12.4 Å². The Kier molecular flexibility index (Phi) is 7.36. The summed E-state index contributed by atoms with van der Waals surface area (Å²) >= 11 is 1.23. The average molecular weight is 519 g/mol. The van der Waals surface area contributed by atoms with Crippen LogP contribution in [0, 0.1) is 0 Å². The molecule has 0 radical (unpaired) electrons. The molecule has 0 amide bonds. The molecule has 8 heteroatoms. The number of ether oxygens (including phenoxy) is 1. The quantitative estimate of drug-likeness (QED) is 0.137. The third-order valence-corrected chi connectivity index (χ3v) is 6.96. The predicted octanol–water partition coefficient (Wildman–Crippen LogP) is 8.73. The Morgan fingerprint density at radius 3 is 1.56 bits per heavy atom.